The van der Waals surface area contributed by atoms with Crippen molar-refractivity contribution in [2.45, 2.75) is 418 Å². The van der Waals surface area contributed by atoms with Gasteiger partial charge in [-0.25, -0.2) is 9.13 Å². The molecule has 0 aliphatic heterocycles. The number of carbonyl (C=O) groups excluding carboxylic acids is 4. The van der Waals surface area contributed by atoms with E-state index in [1.54, 1.807) is 0 Å². The van der Waals surface area contributed by atoms with Crippen molar-refractivity contribution in [3.05, 3.63) is 12.2 Å². The number of hydrogen-bond acceptors (Lipinski definition) is 15. The molecule has 0 radical (unpaired) electrons. The molecule has 5 atom stereocenters. The summed E-state index contributed by atoms with van der Waals surface area (Å²) in [6.07, 6.45) is 63.2. The topological polar surface area (TPSA) is 237 Å². The van der Waals surface area contributed by atoms with Crippen LogP contribution in [0.15, 0.2) is 12.2 Å². The van der Waals surface area contributed by atoms with Crippen LogP contribution in [0.4, 0.5) is 0 Å². The van der Waals surface area contributed by atoms with Crippen LogP contribution in [0.5, 0.6) is 0 Å². The fourth-order valence-electron chi connectivity index (χ4n) is 11.6. The van der Waals surface area contributed by atoms with Gasteiger partial charge >= 0.3 is 39.5 Å². The maximum atomic E-state index is 13.1. The third kappa shape index (κ3) is 70.2. The Bertz CT molecular complexity index is 1870. The van der Waals surface area contributed by atoms with E-state index in [9.17, 15) is 43.2 Å². The van der Waals surface area contributed by atoms with Crippen LogP contribution < -0.4 is 0 Å². The number of aliphatic hydroxyl groups excluding tert-OH is 1. The molecule has 2 unspecified atom stereocenters. The summed E-state index contributed by atoms with van der Waals surface area (Å²) in [6, 6.07) is 0. The Labute approximate surface area is 587 Å². The molecule has 0 saturated carbocycles. The van der Waals surface area contributed by atoms with Crippen molar-refractivity contribution in [2.24, 2.45) is 0 Å². The van der Waals surface area contributed by atoms with Gasteiger partial charge in [0.1, 0.15) is 19.3 Å². The molecule has 0 rings (SSSR count). The van der Waals surface area contributed by atoms with Crippen LogP contribution in [-0.4, -0.2) is 96.7 Å². The average molecular weight is 1410 g/mol. The number of unbranched alkanes of at least 4 members (excludes halogenated alkanes) is 49. The molecule has 0 fully saturated rings. The van der Waals surface area contributed by atoms with Crippen LogP contribution >= 0.6 is 15.6 Å². The van der Waals surface area contributed by atoms with Crippen LogP contribution in [0.1, 0.15) is 400 Å². The summed E-state index contributed by atoms with van der Waals surface area (Å²) in [6.45, 7) is 4.98. The van der Waals surface area contributed by atoms with Gasteiger partial charge in [-0.1, -0.05) is 335 Å². The second kappa shape index (κ2) is 71.2. The Kier molecular flexibility index (Phi) is 69.6. The van der Waals surface area contributed by atoms with E-state index in [2.05, 4.69) is 39.8 Å². The Balaban J connectivity index is 5.28. The molecule has 0 aromatic carbocycles. The second-order valence-electron chi connectivity index (χ2n) is 27.4. The first-order valence-corrected chi connectivity index (χ1v) is 42.9. The zero-order valence-electron chi connectivity index (χ0n) is 62.1. The summed E-state index contributed by atoms with van der Waals surface area (Å²) in [5, 5.41) is 10.6. The monoisotopic (exact) mass is 1410 g/mol. The van der Waals surface area contributed by atoms with Gasteiger partial charge in [-0.15, -0.1) is 0 Å². The lowest BCUT2D eigenvalue weighted by atomic mass is 10.0. The highest BCUT2D eigenvalue weighted by molar-refractivity contribution is 7.47. The normalized spacial score (nSPS) is 13.9. The van der Waals surface area contributed by atoms with Crippen molar-refractivity contribution in [2.75, 3.05) is 39.6 Å². The van der Waals surface area contributed by atoms with Gasteiger partial charge in [0.25, 0.3) is 0 Å². The van der Waals surface area contributed by atoms with Crippen LogP contribution in [0.25, 0.3) is 0 Å². The Morgan fingerprint density at radius 3 is 0.729 bits per heavy atom. The number of esters is 4. The highest BCUT2D eigenvalue weighted by Crippen LogP contribution is 2.45. The number of carbonyl (C=O) groups is 4. The van der Waals surface area contributed by atoms with E-state index in [-0.39, 0.29) is 25.7 Å². The number of aliphatic hydroxyl groups is 1. The molecule has 0 aromatic heterocycles. The van der Waals surface area contributed by atoms with E-state index >= 15 is 0 Å². The highest BCUT2D eigenvalue weighted by atomic mass is 31.2. The molecular weight excluding hydrogens is 1260 g/mol. The first-order chi connectivity index (χ1) is 46.7. The fraction of sp³-hybridized carbons (Fsp3) is 0.922. The minimum absolute atomic E-state index is 0.1000. The van der Waals surface area contributed by atoms with Gasteiger partial charge in [-0.05, 0) is 51.4 Å². The minimum Gasteiger partial charge on any atom is -0.462 e. The molecule has 568 valence electrons. The van der Waals surface area contributed by atoms with E-state index in [4.69, 9.17) is 37.0 Å². The van der Waals surface area contributed by atoms with E-state index in [1.165, 1.54) is 212 Å². The van der Waals surface area contributed by atoms with Crippen LogP contribution in [0, 0.1) is 0 Å². The average Bonchev–Trinajstić information content (AvgIpc) is 1.19. The van der Waals surface area contributed by atoms with Crippen molar-refractivity contribution in [1.82, 2.24) is 0 Å². The number of ether oxygens (including phenoxy) is 4. The molecule has 17 nitrogen and oxygen atoms in total. The van der Waals surface area contributed by atoms with Gasteiger partial charge in [-0.2, -0.15) is 0 Å². The third-order valence-electron chi connectivity index (χ3n) is 17.8. The predicted octanol–water partition coefficient (Wildman–Crippen LogP) is 22.8. The molecular formula is C77H148O17P2. The summed E-state index contributed by atoms with van der Waals surface area (Å²) in [5.41, 5.74) is 0. The predicted molar refractivity (Wildman–Crippen MR) is 391 cm³/mol. The number of allylic oxidation sites excluding steroid dienone is 2. The quantitative estimate of drug-likeness (QED) is 0.0169. The van der Waals surface area contributed by atoms with Crippen molar-refractivity contribution in [3.63, 3.8) is 0 Å². The summed E-state index contributed by atoms with van der Waals surface area (Å²) >= 11 is 0. The number of phosphoric ester groups is 2. The lowest BCUT2D eigenvalue weighted by Crippen LogP contribution is -2.30. The maximum Gasteiger partial charge on any atom is 0.472 e. The molecule has 96 heavy (non-hydrogen) atoms. The zero-order valence-corrected chi connectivity index (χ0v) is 63.9. The van der Waals surface area contributed by atoms with Gasteiger partial charge in [0.15, 0.2) is 12.2 Å². The number of rotatable bonds is 77. The molecule has 0 bridgehead atoms. The largest absolute Gasteiger partial charge is 0.472 e. The first kappa shape index (κ1) is 93.8. The van der Waals surface area contributed by atoms with E-state index in [0.717, 1.165) is 109 Å². The molecule has 0 aromatic rings. The maximum absolute atomic E-state index is 13.1. The Morgan fingerprint density at radius 1 is 0.281 bits per heavy atom. The van der Waals surface area contributed by atoms with Gasteiger partial charge in [-0.3, -0.25) is 37.3 Å². The zero-order chi connectivity index (χ0) is 70.4. The molecule has 0 amide bonds. The summed E-state index contributed by atoms with van der Waals surface area (Å²) < 4.78 is 68.6. The number of hydrogen-bond donors (Lipinski definition) is 3. The third-order valence-corrected chi connectivity index (χ3v) is 19.7. The summed E-state index contributed by atoms with van der Waals surface area (Å²) in [5.74, 6) is -2.12. The highest BCUT2D eigenvalue weighted by Gasteiger charge is 2.30. The lowest BCUT2D eigenvalue weighted by molar-refractivity contribution is -0.161. The smallest absolute Gasteiger partial charge is 0.462 e. The minimum atomic E-state index is -4.96. The summed E-state index contributed by atoms with van der Waals surface area (Å²) in [7, 11) is -9.92. The van der Waals surface area contributed by atoms with Crippen LogP contribution in [-0.2, 0) is 65.4 Å². The molecule has 0 spiro atoms. The lowest BCUT2D eigenvalue weighted by Gasteiger charge is -2.21. The standard InChI is InChI=1S/C77H148O17P2/c1-5-9-13-17-21-25-29-33-35-39-43-47-51-55-59-63-76(81)93-72(67-87-74(79)61-57-53-49-45-41-37-31-27-23-19-15-11-7-3)69-91-95(83,84)89-65-71(78)66-90-96(85,86)92-70-73(68-88-75(80)62-58-54-50-46-42-38-32-28-24-20-16-12-8-4)94-77(82)64-60-56-52-48-44-40-36-34-30-26-22-18-14-10-6-2/h25,29,71-73,78H,5-24,26-28,30-70H2,1-4H3,(H,83,84)(H,85,86)/b29-25-/t71-,72-,73-/m1/s1. The van der Waals surface area contributed by atoms with Crippen molar-refractivity contribution >= 4 is 39.5 Å². The number of phosphoric acid groups is 2. The molecule has 19 heteroatoms. The summed E-state index contributed by atoms with van der Waals surface area (Å²) in [4.78, 5) is 72.9. The van der Waals surface area contributed by atoms with Gasteiger partial charge < -0.3 is 33.8 Å². The van der Waals surface area contributed by atoms with Crippen LogP contribution in [0.2, 0.25) is 0 Å². The molecule has 0 aliphatic rings. The Morgan fingerprint density at radius 2 is 0.479 bits per heavy atom. The van der Waals surface area contributed by atoms with Crippen molar-refractivity contribution < 1.29 is 80.2 Å². The Hall–Kier alpha value is -2.20. The SMILES string of the molecule is CCCCCC/C=C\CCCCCCCCCC(=O)O[C@H](COC(=O)CCCCCCCCCCCCCCC)COP(=O)(O)OC[C@@H](O)COP(=O)(O)OC[C@@H](COC(=O)CCCCCCCCCCCCCCC)OC(=O)CCCCCCCCCCCCCCCCC. The molecule has 0 aliphatic carbocycles. The molecule has 0 saturated heterocycles. The van der Waals surface area contributed by atoms with Crippen LogP contribution in [0.3, 0.4) is 0 Å². The van der Waals surface area contributed by atoms with Gasteiger partial charge in [0.2, 0.25) is 0 Å². The van der Waals surface area contributed by atoms with Crippen molar-refractivity contribution in [3.8, 4) is 0 Å². The van der Waals surface area contributed by atoms with Gasteiger partial charge in [0, 0.05) is 25.7 Å². The van der Waals surface area contributed by atoms with E-state index in [0.29, 0.717) is 25.7 Å². The first-order valence-electron chi connectivity index (χ1n) is 39.9. The van der Waals surface area contributed by atoms with Crippen molar-refractivity contribution in [1.29, 1.82) is 0 Å². The molecule has 0 heterocycles. The molecule has 3 N–H and O–H groups in total. The van der Waals surface area contributed by atoms with Gasteiger partial charge in [0.05, 0.1) is 26.4 Å². The van der Waals surface area contributed by atoms with E-state index in [1.807, 2.05) is 0 Å². The second-order valence-corrected chi connectivity index (χ2v) is 30.3. The fourth-order valence-corrected chi connectivity index (χ4v) is 13.2. The van der Waals surface area contributed by atoms with E-state index < -0.39 is 97.5 Å².